The summed E-state index contributed by atoms with van der Waals surface area (Å²) in [6.07, 6.45) is 3.87. The van der Waals surface area contributed by atoms with Crippen molar-refractivity contribution in [3.05, 3.63) is 42.2 Å². The fourth-order valence-electron chi connectivity index (χ4n) is 3.93. The Hall–Kier alpha value is -3.13. The zero-order valence-corrected chi connectivity index (χ0v) is 17.6. The zero-order chi connectivity index (χ0) is 21.1. The number of amides is 1. The Kier molecular flexibility index (Phi) is 5.85. The zero-order valence-electron chi connectivity index (χ0n) is 17.6. The highest BCUT2D eigenvalue weighted by atomic mass is 16.5. The lowest BCUT2D eigenvalue weighted by atomic mass is 10.1. The quantitative estimate of drug-likeness (QED) is 0.674. The molecule has 2 aromatic heterocycles. The monoisotopic (exact) mass is 409 g/mol. The van der Waals surface area contributed by atoms with Gasteiger partial charge >= 0.3 is 0 Å². The van der Waals surface area contributed by atoms with E-state index >= 15 is 0 Å². The molecule has 1 aromatic carbocycles. The van der Waals surface area contributed by atoms with Crippen molar-refractivity contribution in [1.82, 2.24) is 24.8 Å². The molecule has 1 fully saturated rings. The standard InChI is InChI=1S/C22H27N5O3/c1-4-5-16-14-26(11-10-23-16)22(28)17-13-21-24-9-8-18(27(21)25-17)15-6-7-19(29-2)20(12-15)30-3/h6-9,12-13,16,23H,4-5,10-11,14H2,1-3H3/t16-/m0/s1. The minimum atomic E-state index is -0.0543. The van der Waals surface area contributed by atoms with Crippen LogP contribution < -0.4 is 14.8 Å². The van der Waals surface area contributed by atoms with Crippen LogP contribution in [-0.2, 0) is 0 Å². The van der Waals surface area contributed by atoms with E-state index in [1.807, 2.05) is 29.2 Å². The van der Waals surface area contributed by atoms with Gasteiger partial charge in [-0.2, -0.15) is 5.10 Å². The summed E-state index contributed by atoms with van der Waals surface area (Å²) in [5, 5.41) is 8.08. The molecule has 0 bridgehead atoms. The van der Waals surface area contributed by atoms with E-state index in [9.17, 15) is 4.79 Å². The average molecular weight is 409 g/mol. The number of nitrogens with one attached hydrogen (secondary N) is 1. The van der Waals surface area contributed by atoms with E-state index in [2.05, 4.69) is 22.3 Å². The van der Waals surface area contributed by atoms with Gasteiger partial charge in [0.1, 0.15) is 0 Å². The predicted octanol–water partition coefficient (Wildman–Crippen LogP) is 2.63. The van der Waals surface area contributed by atoms with E-state index in [-0.39, 0.29) is 5.91 Å². The van der Waals surface area contributed by atoms with Crippen molar-refractivity contribution >= 4 is 11.6 Å². The van der Waals surface area contributed by atoms with Crippen LogP contribution in [0.4, 0.5) is 0 Å². The molecule has 1 aliphatic rings. The minimum Gasteiger partial charge on any atom is -0.493 e. The molecule has 158 valence electrons. The molecule has 1 aliphatic heterocycles. The summed E-state index contributed by atoms with van der Waals surface area (Å²) < 4.78 is 12.5. The van der Waals surface area contributed by atoms with Gasteiger partial charge in [0.2, 0.25) is 0 Å². The molecule has 30 heavy (non-hydrogen) atoms. The summed E-state index contributed by atoms with van der Waals surface area (Å²) in [5.74, 6) is 1.23. The molecule has 0 aliphatic carbocycles. The van der Waals surface area contributed by atoms with Gasteiger partial charge in [0.15, 0.2) is 22.8 Å². The number of hydrogen-bond acceptors (Lipinski definition) is 6. The van der Waals surface area contributed by atoms with E-state index in [1.165, 1.54) is 0 Å². The Morgan fingerprint density at radius 3 is 2.80 bits per heavy atom. The van der Waals surface area contributed by atoms with Gasteiger partial charge in [0, 0.05) is 43.5 Å². The third kappa shape index (κ3) is 3.82. The van der Waals surface area contributed by atoms with Crippen LogP contribution in [0, 0.1) is 0 Å². The number of benzene rings is 1. The second-order valence-electron chi connectivity index (χ2n) is 7.39. The molecule has 1 atom stereocenters. The van der Waals surface area contributed by atoms with Gasteiger partial charge < -0.3 is 19.7 Å². The summed E-state index contributed by atoms with van der Waals surface area (Å²) in [5.41, 5.74) is 2.76. The first kappa shape index (κ1) is 20.2. The molecule has 1 N–H and O–H groups in total. The second kappa shape index (κ2) is 8.71. The van der Waals surface area contributed by atoms with Crippen LogP contribution in [0.15, 0.2) is 36.5 Å². The maximum absolute atomic E-state index is 13.1. The molecular weight excluding hydrogens is 382 g/mol. The van der Waals surface area contributed by atoms with Gasteiger partial charge in [0.05, 0.1) is 19.9 Å². The number of hydrogen-bond donors (Lipinski definition) is 1. The van der Waals surface area contributed by atoms with Crippen LogP contribution in [0.25, 0.3) is 16.9 Å². The molecule has 0 unspecified atom stereocenters. The van der Waals surface area contributed by atoms with Gasteiger partial charge in [-0.3, -0.25) is 4.79 Å². The maximum Gasteiger partial charge on any atom is 0.274 e. The van der Waals surface area contributed by atoms with Crippen LogP contribution in [-0.4, -0.2) is 65.3 Å². The SMILES string of the molecule is CCC[C@H]1CN(C(=O)c2cc3nccc(-c4ccc(OC)c(OC)c4)n3n2)CCN1. The van der Waals surface area contributed by atoms with Crippen molar-refractivity contribution in [3.63, 3.8) is 0 Å². The summed E-state index contributed by atoms with van der Waals surface area (Å²) in [6, 6.07) is 9.64. The summed E-state index contributed by atoms with van der Waals surface area (Å²) in [6.45, 7) is 4.35. The number of aromatic nitrogens is 3. The molecular formula is C22H27N5O3. The third-order valence-corrected chi connectivity index (χ3v) is 5.44. The number of piperazine rings is 1. The lowest BCUT2D eigenvalue weighted by Gasteiger charge is -2.33. The molecule has 3 heterocycles. The summed E-state index contributed by atoms with van der Waals surface area (Å²) in [4.78, 5) is 19.4. The molecule has 3 aromatic rings. The van der Waals surface area contributed by atoms with Crippen molar-refractivity contribution in [2.75, 3.05) is 33.9 Å². The predicted molar refractivity (Wildman–Crippen MR) is 114 cm³/mol. The Labute approximate surface area is 175 Å². The van der Waals surface area contributed by atoms with Gasteiger partial charge in [-0.25, -0.2) is 9.50 Å². The van der Waals surface area contributed by atoms with Crippen molar-refractivity contribution < 1.29 is 14.3 Å². The van der Waals surface area contributed by atoms with Crippen LogP contribution in [0.5, 0.6) is 11.5 Å². The number of carbonyl (C=O) groups excluding carboxylic acids is 1. The van der Waals surface area contributed by atoms with E-state index in [0.29, 0.717) is 42.0 Å². The van der Waals surface area contributed by atoms with Gasteiger partial charge in [0.25, 0.3) is 5.91 Å². The first-order valence-corrected chi connectivity index (χ1v) is 10.2. The van der Waals surface area contributed by atoms with E-state index < -0.39 is 0 Å². The van der Waals surface area contributed by atoms with E-state index in [0.717, 1.165) is 30.6 Å². The number of carbonyl (C=O) groups is 1. The topological polar surface area (TPSA) is 81.0 Å². The van der Waals surface area contributed by atoms with Crippen molar-refractivity contribution in [2.45, 2.75) is 25.8 Å². The molecule has 0 spiro atoms. The third-order valence-electron chi connectivity index (χ3n) is 5.44. The van der Waals surface area contributed by atoms with Gasteiger partial charge in [-0.1, -0.05) is 13.3 Å². The fourth-order valence-corrected chi connectivity index (χ4v) is 3.93. The lowest BCUT2D eigenvalue weighted by Crippen LogP contribution is -2.52. The molecule has 0 saturated carbocycles. The first-order chi connectivity index (χ1) is 14.6. The second-order valence-corrected chi connectivity index (χ2v) is 7.39. The van der Waals surface area contributed by atoms with Crippen LogP contribution >= 0.6 is 0 Å². The number of fused-ring (bicyclic) bond motifs is 1. The molecule has 8 heteroatoms. The first-order valence-electron chi connectivity index (χ1n) is 10.2. The smallest absolute Gasteiger partial charge is 0.274 e. The molecule has 1 saturated heterocycles. The molecule has 0 radical (unpaired) electrons. The highest BCUT2D eigenvalue weighted by molar-refractivity contribution is 5.93. The van der Waals surface area contributed by atoms with Crippen LogP contribution in [0.3, 0.4) is 0 Å². The lowest BCUT2D eigenvalue weighted by molar-refractivity contribution is 0.0693. The Bertz CT molecular complexity index is 1050. The Morgan fingerprint density at radius 1 is 1.20 bits per heavy atom. The van der Waals surface area contributed by atoms with Crippen LogP contribution in [0.1, 0.15) is 30.3 Å². The van der Waals surface area contributed by atoms with Crippen molar-refractivity contribution in [3.8, 4) is 22.8 Å². The fraction of sp³-hybridized carbons (Fsp3) is 0.409. The largest absolute Gasteiger partial charge is 0.493 e. The van der Waals surface area contributed by atoms with Crippen molar-refractivity contribution in [2.24, 2.45) is 0 Å². The summed E-state index contributed by atoms with van der Waals surface area (Å²) in [7, 11) is 3.21. The average Bonchev–Trinajstić information content (AvgIpc) is 3.23. The van der Waals surface area contributed by atoms with E-state index in [4.69, 9.17) is 9.47 Å². The summed E-state index contributed by atoms with van der Waals surface area (Å²) >= 11 is 0. The van der Waals surface area contributed by atoms with Crippen molar-refractivity contribution in [1.29, 1.82) is 0 Å². The number of methoxy groups -OCH3 is 2. The maximum atomic E-state index is 13.1. The van der Waals surface area contributed by atoms with Gasteiger partial charge in [-0.15, -0.1) is 0 Å². The highest BCUT2D eigenvalue weighted by Gasteiger charge is 2.25. The molecule has 4 rings (SSSR count). The highest BCUT2D eigenvalue weighted by Crippen LogP contribution is 2.32. The Balaban J connectivity index is 1.66. The molecule has 8 nitrogen and oxygen atoms in total. The number of ether oxygens (including phenoxy) is 2. The van der Waals surface area contributed by atoms with Crippen LogP contribution in [0.2, 0.25) is 0 Å². The number of rotatable bonds is 6. The number of nitrogens with zero attached hydrogens (tertiary/aromatic N) is 4. The van der Waals surface area contributed by atoms with E-state index in [1.54, 1.807) is 31.0 Å². The normalized spacial score (nSPS) is 16.6. The minimum absolute atomic E-state index is 0.0543. The van der Waals surface area contributed by atoms with Gasteiger partial charge in [-0.05, 0) is 30.7 Å². The molecule has 1 amide bonds. The Morgan fingerprint density at radius 2 is 2.03 bits per heavy atom.